The van der Waals surface area contributed by atoms with Crippen molar-refractivity contribution in [1.29, 1.82) is 5.26 Å². The van der Waals surface area contributed by atoms with Crippen molar-refractivity contribution < 1.29 is 13.9 Å². The highest BCUT2D eigenvalue weighted by molar-refractivity contribution is 6.30. The molecule has 1 saturated carbocycles. The van der Waals surface area contributed by atoms with Crippen LogP contribution in [0.1, 0.15) is 24.1 Å². The maximum absolute atomic E-state index is 14.8. The van der Waals surface area contributed by atoms with Crippen molar-refractivity contribution in [2.45, 2.75) is 37.1 Å². The van der Waals surface area contributed by atoms with E-state index in [-0.39, 0.29) is 42.1 Å². The van der Waals surface area contributed by atoms with Gasteiger partial charge in [-0.15, -0.1) is 0 Å². The summed E-state index contributed by atoms with van der Waals surface area (Å²) in [7, 11) is 0. The normalized spacial score (nSPS) is 18.2. The number of nitrogens with zero attached hydrogens (tertiary/aromatic N) is 3. The van der Waals surface area contributed by atoms with Gasteiger partial charge in [-0.3, -0.25) is 0 Å². The van der Waals surface area contributed by atoms with Crippen LogP contribution in [-0.4, -0.2) is 25.9 Å². The Bertz CT molecular complexity index is 782. The fourth-order valence-electron chi connectivity index (χ4n) is 2.75. The first-order chi connectivity index (χ1) is 10.9. The second kappa shape index (κ2) is 5.59. The van der Waals surface area contributed by atoms with Crippen molar-refractivity contribution in [3.05, 3.63) is 52.8 Å². The van der Waals surface area contributed by atoms with Gasteiger partial charge in [-0.2, -0.15) is 5.26 Å². The fourth-order valence-corrected chi connectivity index (χ4v) is 2.95. The molecule has 23 heavy (non-hydrogen) atoms. The van der Waals surface area contributed by atoms with Crippen molar-refractivity contribution in [2.24, 2.45) is 0 Å². The minimum absolute atomic E-state index is 0.0751. The van der Waals surface area contributed by atoms with Gasteiger partial charge in [0.1, 0.15) is 28.9 Å². The highest BCUT2D eigenvalue weighted by Crippen LogP contribution is 2.51. The molecular weight excluding hydrogens is 324 g/mol. The minimum Gasteiger partial charge on any atom is -0.384 e. The number of rotatable bonds is 5. The number of nitriles is 1. The molecule has 2 aromatic rings. The van der Waals surface area contributed by atoms with Crippen molar-refractivity contribution in [1.82, 2.24) is 9.55 Å². The maximum atomic E-state index is 14.8. The molecule has 1 N–H and O–H groups in total. The molecule has 0 saturated heterocycles. The number of imidazole rings is 1. The highest BCUT2D eigenvalue weighted by Gasteiger charge is 2.60. The monoisotopic (exact) mass is 337 g/mol. The average molecular weight is 338 g/mol. The smallest absolute Gasteiger partial charge is 0.145 e. The summed E-state index contributed by atoms with van der Waals surface area (Å²) >= 11 is 5.75. The van der Waals surface area contributed by atoms with Crippen LogP contribution in [-0.2, 0) is 13.0 Å². The highest BCUT2D eigenvalue weighted by atomic mass is 35.5. The average Bonchev–Trinajstić information content (AvgIpc) is 3.12. The predicted octanol–water partition coefficient (Wildman–Crippen LogP) is 3.02. The predicted molar refractivity (Wildman–Crippen MR) is 80.1 cm³/mol. The molecule has 0 bridgehead atoms. The Hall–Kier alpha value is -1.97. The van der Waals surface area contributed by atoms with Gasteiger partial charge in [0.2, 0.25) is 0 Å². The number of hydrogen-bond acceptors (Lipinski definition) is 3. The van der Waals surface area contributed by atoms with Gasteiger partial charge in [0.15, 0.2) is 0 Å². The Kier molecular flexibility index (Phi) is 3.86. The summed E-state index contributed by atoms with van der Waals surface area (Å²) in [4.78, 5) is 3.83. The van der Waals surface area contributed by atoms with Crippen LogP contribution in [0.3, 0.4) is 0 Å². The van der Waals surface area contributed by atoms with E-state index in [1.54, 1.807) is 6.07 Å². The first-order valence-electron chi connectivity index (χ1n) is 7.13. The van der Waals surface area contributed by atoms with Crippen molar-refractivity contribution in [3.8, 4) is 6.07 Å². The Balaban J connectivity index is 1.95. The van der Waals surface area contributed by atoms with Crippen LogP contribution >= 0.6 is 11.6 Å². The van der Waals surface area contributed by atoms with E-state index in [1.807, 2.05) is 6.07 Å². The Morgan fingerprint density at radius 2 is 2.22 bits per heavy atom. The molecule has 120 valence electrons. The topological polar surface area (TPSA) is 61.8 Å². The van der Waals surface area contributed by atoms with Gasteiger partial charge in [0.05, 0.1) is 24.1 Å². The fraction of sp³-hybridized carbons (Fsp3) is 0.375. The summed E-state index contributed by atoms with van der Waals surface area (Å²) in [6, 6.07) is 6.34. The second-order valence-corrected chi connectivity index (χ2v) is 6.31. The molecule has 1 heterocycles. The zero-order valence-corrected chi connectivity index (χ0v) is 12.9. The molecule has 3 rings (SSSR count). The van der Waals surface area contributed by atoms with Gasteiger partial charge in [0, 0.05) is 6.42 Å². The third-order valence-corrected chi connectivity index (χ3v) is 4.59. The summed E-state index contributed by atoms with van der Waals surface area (Å²) < 4.78 is 30.3. The molecule has 1 atom stereocenters. The molecule has 1 unspecified atom stereocenters. The van der Waals surface area contributed by atoms with E-state index < -0.39 is 17.1 Å². The number of alkyl halides is 1. The van der Waals surface area contributed by atoms with E-state index >= 15 is 0 Å². The third kappa shape index (κ3) is 2.82. The molecule has 0 aliphatic heterocycles. The number of aliphatic hydroxyl groups is 1. The van der Waals surface area contributed by atoms with Crippen molar-refractivity contribution in [2.75, 3.05) is 0 Å². The largest absolute Gasteiger partial charge is 0.384 e. The van der Waals surface area contributed by atoms with Gasteiger partial charge in [0.25, 0.3) is 0 Å². The van der Waals surface area contributed by atoms with Crippen molar-refractivity contribution >= 4 is 11.6 Å². The van der Waals surface area contributed by atoms with E-state index in [9.17, 15) is 13.9 Å². The molecule has 4 nitrogen and oxygen atoms in total. The molecular formula is C16H14ClF2N3O. The van der Waals surface area contributed by atoms with Gasteiger partial charge < -0.3 is 9.67 Å². The summed E-state index contributed by atoms with van der Waals surface area (Å²) in [5.74, 6) is -0.664. The van der Waals surface area contributed by atoms with Gasteiger partial charge in [-0.25, -0.2) is 13.8 Å². The third-order valence-electron chi connectivity index (χ3n) is 4.30. The number of hydrogen-bond donors (Lipinski definition) is 1. The van der Waals surface area contributed by atoms with E-state index in [4.69, 9.17) is 16.9 Å². The Morgan fingerprint density at radius 3 is 2.87 bits per heavy atom. The lowest BCUT2D eigenvalue weighted by Crippen LogP contribution is -2.47. The van der Waals surface area contributed by atoms with E-state index in [0.29, 0.717) is 0 Å². The molecule has 1 aromatic carbocycles. The first-order valence-corrected chi connectivity index (χ1v) is 7.51. The van der Waals surface area contributed by atoms with Crippen LogP contribution in [0.5, 0.6) is 0 Å². The van der Waals surface area contributed by atoms with Gasteiger partial charge >= 0.3 is 0 Å². The quantitative estimate of drug-likeness (QED) is 0.912. The number of aromatic nitrogens is 2. The van der Waals surface area contributed by atoms with E-state index in [0.717, 1.165) is 0 Å². The standard InChI is InChI=1S/C16H14ClF2N3O/c17-13-3-1-2-11(14(13)18)6-16(23,15(19)4-5-15)9-22-10-21-8-12(22)7-20/h1-3,8,10,23H,4-6,9H2. The zero-order chi connectivity index (χ0) is 16.7. The zero-order valence-electron chi connectivity index (χ0n) is 12.1. The molecule has 7 heteroatoms. The first kappa shape index (κ1) is 15.9. The lowest BCUT2D eigenvalue weighted by Gasteiger charge is -2.32. The second-order valence-electron chi connectivity index (χ2n) is 5.91. The Labute approximate surface area is 136 Å². The van der Waals surface area contributed by atoms with Crippen LogP contribution in [0.15, 0.2) is 30.7 Å². The van der Waals surface area contributed by atoms with Gasteiger partial charge in [-0.1, -0.05) is 23.7 Å². The maximum Gasteiger partial charge on any atom is 0.145 e. The van der Waals surface area contributed by atoms with Crippen LogP contribution < -0.4 is 0 Å². The minimum atomic E-state index is -1.84. The molecule has 0 spiro atoms. The van der Waals surface area contributed by atoms with Crippen LogP contribution in [0.2, 0.25) is 5.02 Å². The lowest BCUT2D eigenvalue weighted by atomic mass is 9.87. The van der Waals surface area contributed by atoms with Gasteiger partial charge in [-0.05, 0) is 24.5 Å². The van der Waals surface area contributed by atoms with Crippen LogP contribution in [0.25, 0.3) is 0 Å². The molecule has 1 aliphatic rings. The summed E-state index contributed by atoms with van der Waals surface area (Å²) in [5, 5.41) is 19.9. The summed E-state index contributed by atoms with van der Waals surface area (Å²) in [5.41, 5.74) is -3.30. The SMILES string of the molecule is N#Cc1cncn1CC(O)(Cc1cccc(Cl)c1F)C1(F)CC1. The van der Waals surface area contributed by atoms with Crippen molar-refractivity contribution in [3.63, 3.8) is 0 Å². The van der Waals surface area contributed by atoms with Crippen LogP contribution in [0.4, 0.5) is 8.78 Å². The summed E-state index contributed by atoms with van der Waals surface area (Å²) in [6.45, 7) is -0.182. The molecule has 0 amide bonds. The van der Waals surface area contributed by atoms with E-state index in [1.165, 1.54) is 29.2 Å². The Morgan fingerprint density at radius 1 is 1.48 bits per heavy atom. The lowest BCUT2D eigenvalue weighted by molar-refractivity contribution is -0.0635. The number of benzene rings is 1. The number of halogens is 3. The summed E-state index contributed by atoms with van der Waals surface area (Å²) in [6.07, 6.45) is 2.84. The molecule has 1 fully saturated rings. The molecule has 0 radical (unpaired) electrons. The van der Waals surface area contributed by atoms with Crippen LogP contribution in [0, 0.1) is 17.1 Å². The molecule has 1 aliphatic carbocycles. The van der Waals surface area contributed by atoms with E-state index in [2.05, 4.69) is 4.98 Å². The molecule has 1 aromatic heterocycles.